The van der Waals surface area contributed by atoms with E-state index in [-0.39, 0.29) is 30.4 Å². The van der Waals surface area contributed by atoms with E-state index in [2.05, 4.69) is 5.32 Å². The van der Waals surface area contributed by atoms with Crippen LogP contribution in [0.3, 0.4) is 0 Å². The van der Waals surface area contributed by atoms with Crippen LogP contribution in [0, 0.1) is 0 Å². The third-order valence-corrected chi connectivity index (χ3v) is 5.43. The highest BCUT2D eigenvalue weighted by Gasteiger charge is 2.23. The van der Waals surface area contributed by atoms with Crippen LogP contribution in [0.5, 0.6) is 5.75 Å². The highest BCUT2D eigenvalue weighted by atomic mass is 35.5. The lowest BCUT2D eigenvalue weighted by atomic mass is 9.92. The van der Waals surface area contributed by atoms with Gasteiger partial charge in [-0.1, -0.05) is 69.6 Å². The van der Waals surface area contributed by atoms with Crippen molar-refractivity contribution in [1.82, 2.24) is 14.7 Å². The fraction of sp³-hybridized carbons (Fsp3) is 0.346. The summed E-state index contributed by atoms with van der Waals surface area (Å²) in [5, 5.41) is 8.13. The minimum atomic E-state index is -0.324. The second-order valence-electron chi connectivity index (χ2n) is 8.99. The van der Waals surface area contributed by atoms with Crippen molar-refractivity contribution in [1.29, 1.82) is 0 Å². The number of aromatic nitrogens is 2. The highest BCUT2D eigenvalue weighted by molar-refractivity contribution is 6.32. The number of ether oxygens (including phenoxy) is 1. The zero-order valence-electron chi connectivity index (χ0n) is 20.0. The Bertz CT molecular complexity index is 1120. The number of para-hydroxylation sites is 2. The smallest absolute Gasteiger partial charge is 0.260 e. The van der Waals surface area contributed by atoms with E-state index in [0.717, 1.165) is 12.1 Å². The number of hydrogen-bond acceptors (Lipinski definition) is 4. The van der Waals surface area contributed by atoms with E-state index in [4.69, 9.17) is 21.4 Å². The van der Waals surface area contributed by atoms with Crippen molar-refractivity contribution in [3.05, 3.63) is 71.4 Å². The van der Waals surface area contributed by atoms with E-state index in [1.807, 2.05) is 70.2 Å². The van der Waals surface area contributed by atoms with Gasteiger partial charge in [-0.2, -0.15) is 5.10 Å². The van der Waals surface area contributed by atoms with E-state index >= 15 is 0 Å². The fourth-order valence-corrected chi connectivity index (χ4v) is 3.53. The first-order chi connectivity index (χ1) is 16.2. The van der Waals surface area contributed by atoms with Gasteiger partial charge in [0.25, 0.3) is 5.91 Å². The average molecular weight is 483 g/mol. The maximum atomic E-state index is 13.0. The summed E-state index contributed by atoms with van der Waals surface area (Å²) in [6.45, 7) is 8.32. The highest BCUT2D eigenvalue weighted by Crippen LogP contribution is 2.29. The molecule has 180 valence electrons. The zero-order valence-corrected chi connectivity index (χ0v) is 20.8. The average Bonchev–Trinajstić information content (AvgIpc) is 3.22. The lowest BCUT2D eigenvalue weighted by molar-refractivity contribution is -0.136. The summed E-state index contributed by atoms with van der Waals surface area (Å²) < 4.78 is 7.20. The number of carbonyl (C=O) groups is 2. The molecule has 0 radical (unpaired) electrons. The van der Waals surface area contributed by atoms with Gasteiger partial charge in [0.15, 0.2) is 6.61 Å². The summed E-state index contributed by atoms with van der Waals surface area (Å²) in [7, 11) is 0. The van der Waals surface area contributed by atoms with Gasteiger partial charge >= 0.3 is 0 Å². The van der Waals surface area contributed by atoms with Gasteiger partial charge in [0.05, 0.1) is 16.4 Å². The monoisotopic (exact) mass is 482 g/mol. The first kappa shape index (κ1) is 25.3. The molecule has 0 bridgehead atoms. The molecule has 3 rings (SSSR count). The molecule has 0 aliphatic carbocycles. The van der Waals surface area contributed by atoms with Crippen molar-refractivity contribution < 1.29 is 14.3 Å². The Labute approximate surface area is 205 Å². The minimum absolute atomic E-state index is 0.0939. The molecule has 0 atom stereocenters. The third-order valence-electron chi connectivity index (χ3n) is 5.11. The number of halogens is 1. The molecule has 0 unspecified atom stereocenters. The fourth-order valence-electron chi connectivity index (χ4n) is 3.31. The van der Waals surface area contributed by atoms with Gasteiger partial charge in [-0.15, -0.1) is 0 Å². The van der Waals surface area contributed by atoms with Gasteiger partial charge in [-0.3, -0.25) is 9.59 Å². The third kappa shape index (κ3) is 6.60. The van der Waals surface area contributed by atoms with Crippen molar-refractivity contribution in [2.75, 3.05) is 25.0 Å². The van der Waals surface area contributed by atoms with Gasteiger partial charge in [-0.25, -0.2) is 4.68 Å². The van der Waals surface area contributed by atoms with E-state index in [9.17, 15) is 9.59 Å². The summed E-state index contributed by atoms with van der Waals surface area (Å²) >= 11 is 6.40. The number of anilines is 1. The van der Waals surface area contributed by atoms with Crippen LogP contribution < -0.4 is 10.1 Å². The molecule has 0 saturated heterocycles. The molecule has 0 aliphatic heterocycles. The zero-order chi connectivity index (χ0) is 24.7. The predicted octanol–water partition coefficient (Wildman–Crippen LogP) is 5.08. The lowest BCUT2D eigenvalue weighted by Crippen LogP contribution is -2.41. The second-order valence-corrected chi connectivity index (χ2v) is 9.40. The van der Waals surface area contributed by atoms with Crippen molar-refractivity contribution >= 4 is 29.2 Å². The van der Waals surface area contributed by atoms with Crippen LogP contribution in [-0.4, -0.2) is 46.2 Å². The largest absolute Gasteiger partial charge is 0.484 e. The number of benzene rings is 2. The topological polar surface area (TPSA) is 76.5 Å². The Morgan fingerprint density at radius 1 is 1.09 bits per heavy atom. The van der Waals surface area contributed by atoms with Crippen LogP contribution in [0.25, 0.3) is 5.69 Å². The number of nitrogens with one attached hydrogen (secondary N) is 1. The van der Waals surface area contributed by atoms with Crippen LogP contribution >= 0.6 is 11.6 Å². The number of nitrogens with zero attached hydrogens (tertiary/aromatic N) is 3. The Kier molecular flexibility index (Phi) is 8.34. The molecule has 34 heavy (non-hydrogen) atoms. The predicted molar refractivity (Wildman–Crippen MR) is 135 cm³/mol. The molecule has 7 nitrogen and oxygen atoms in total. The van der Waals surface area contributed by atoms with Gasteiger partial charge in [0.2, 0.25) is 5.91 Å². The molecule has 1 aromatic heterocycles. The van der Waals surface area contributed by atoms with Crippen LogP contribution in [-0.2, 0) is 15.0 Å². The van der Waals surface area contributed by atoms with E-state index in [1.165, 1.54) is 4.90 Å². The normalized spacial score (nSPS) is 11.2. The molecule has 0 saturated carbocycles. The maximum absolute atomic E-state index is 13.0. The van der Waals surface area contributed by atoms with Gasteiger partial charge < -0.3 is 15.0 Å². The first-order valence-corrected chi connectivity index (χ1v) is 11.7. The maximum Gasteiger partial charge on any atom is 0.260 e. The van der Waals surface area contributed by atoms with Gasteiger partial charge in [0.1, 0.15) is 18.1 Å². The summed E-state index contributed by atoms with van der Waals surface area (Å²) in [6, 6.07) is 18.3. The van der Waals surface area contributed by atoms with Crippen molar-refractivity contribution in [2.45, 2.75) is 39.5 Å². The molecule has 0 fully saturated rings. The Hall–Kier alpha value is -3.32. The molecular formula is C26H31ClN4O3. The summed E-state index contributed by atoms with van der Waals surface area (Å²) in [5.74, 6) is 0.522. The molecule has 1 heterocycles. The van der Waals surface area contributed by atoms with E-state index < -0.39 is 0 Å². The van der Waals surface area contributed by atoms with Crippen molar-refractivity contribution in [3.63, 3.8) is 0 Å². The lowest BCUT2D eigenvalue weighted by Gasteiger charge is -2.22. The SMILES string of the molecule is CCCN(CC(=O)Nc1cc(C(C)(C)C)nn1-c1ccccc1Cl)C(=O)COc1ccccc1. The van der Waals surface area contributed by atoms with Crippen LogP contribution in [0.15, 0.2) is 60.7 Å². The number of carbonyl (C=O) groups excluding carboxylic acids is 2. The Morgan fingerprint density at radius 3 is 2.41 bits per heavy atom. The van der Waals surface area contributed by atoms with Gasteiger partial charge in [0, 0.05) is 18.0 Å². The molecule has 0 spiro atoms. The molecule has 8 heteroatoms. The summed E-state index contributed by atoms with van der Waals surface area (Å²) in [6.07, 6.45) is 0.718. The Morgan fingerprint density at radius 2 is 1.76 bits per heavy atom. The van der Waals surface area contributed by atoms with Gasteiger partial charge in [-0.05, 0) is 30.7 Å². The molecule has 0 aliphatic rings. The number of rotatable bonds is 9. The summed E-state index contributed by atoms with van der Waals surface area (Å²) in [5.41, 5.74) is 1.23. The van der Waals surface area contributed by atoms with Crippen LogP contribution in [0.1, 0.15) is 39.8 Å². The standard InChI is InChI=1S/C26H31ClN4O3/c1-5-15-30(25(33)18-34-19-11-7-6-8-12-19)17-24(32)28-23-16-22(26(2,3)4)29-31(23)21-14-10-9-13-20(21)27/h6-14,16H,5,15,17-18H2,1-4H3,(H,28,32). The van der Waals surface area contributed by atoms with E-state index in [1.54, 1.807) is 22.9 Å². The van der Waals surface area contributed by atoms with Crippen molar-refractivity contribution in [3.8, 4) is 11.4 Å². The number of amides is 2. The molecule has 2 amide bonds. The first-order valence-electron chi connectivity index (χ1n) is 11.3. The van der Waals surface area contributed by atoms with Crippen molar-refractivity contribution in [2.24, 2.45) is 0 Å². The van der Waals surface area contributed by atoms with Crippen LogP contribution in [0.4, 0.5) is 5.82 Å². The number of hydrogen-bond donors (Lipinski definition) is 1. The second kappa shape index (κ2) is 11.2. The van der Waals surface area contributed by atoms with E-state index in [0.29, 0.717) is 28.8 Å². The molecule has 2 aromatic carbocycles. The molecule has 1 N–H and O–H groups in total. The summed E-state index contributed by atoms with van der Waals surface area (Å²) in [4.78, 5) is 27.2. The minimum Gasteiger partial charge on any atom is -0.484 e. The van der Waals surface area contributed by atoms with Crippen LogP contribution in [0.2, 0.25) is 5.02 Å². The molecular weight excluding hydrogens is 452 g/mol. The quantitative estimate of drug-likeness (QED) is 0.461. The Balaban J connectivity index is 1.76. The molecule has 3 aromatic rings.